The molecule has 1 aromatic heterocycles. The van der Waals surface area contributed by atoms with Crippen molar-refractivity contribution in [1.82, 2.24) is 9.88 Å². The van der Waals surface area contributed by atoms with Crippen LogP contribution in [-0.4, -0.2) is 54.0 Å². The summed E-state index contributed by atoms with van der Waals surface area (Å²) >= 11 is 1.56. The number of aromatic nitrogens is 1. The van der Waals surface area contributed by atoms with Crippen LogP contribution in [0.3, 0.4) is 0 Å². The van der Waals surface area contributed by atoms with Crippen LogP contribution in [0, 0.1) is 11.8 Å². The molecule has 1 atom stereocenters. The Morgan fingerprint density at radius 1 is 1.24 bits per heavy atom. The van der Waals surface area contributed by atoms with Crippen LogP contribution in [0.4, 0.5) is 5.13 Å². The zero-order valence-corrected chi connectivity index (χ0v) is 18.0. The number of carbonyl (C=O) groups excluding carboxylic acids is 2. The average Bonchev–Trinajstić information content (AvgIpc) is 3.40. The van der Waals surface area contributed by atoms with Crippen molar-refractivity contribution in [1.29, 1.82) is 0 Å². The molecule has 2 amide bonds. The number of hydrogen-bond donors (Lipinski definition) is 0. The van der Waals surface area contributed by atoms with Gasteiger partial charge < -0.3 is 9.64 Å². The third kappa shape index (κ3) is 4.46. The first-order valence-electron chi connectivity index (χ1n) is 10.6. The van der Waals surface area contributed by atoms with E-state index in [-0.39, 0.29) is 29.8 Å². The number of nitrogens with zero attached hydrogens (tertiary/aromatic N) is 3. The molecule has 0 bridgehead atoms. The monoisotopic (exact) mass is 415 g/mol. The van der Waals surface area contributed by atoms with Crippen molar-refractivity contribution in [2.75, 3.05) is 31.1 Å². The van der Waals surface area contributed by atoms with Gasteiger partial charge in [-0.3, -0.25) is 14.5 Å². The van der Waals surface area contributed by atoms with E-state index in [1.165, 1.54) is 0 Å². The molecule has 1 aromatic carbocycles. The van der Waals surface area contributed by atoms with Crippen LogP contribution >= 0.6 is 11.3 Å². The Kier molecular flexibility index (Phi) is 6.15. The lowest BCUT2D eigenvalue weighted by Crippen LogP contribution is -2.47. The van der Waals surface area contributed by atoms with Gasteiger partial charge >= 0.3 is 0 Å². The number of anilines is 1. The number of amides is 2. The molecule has 0 spiro atoms. The molecule has 2 saturated heterocycles. The predicted octanol–water partition coefficient (Wildman–Crippen LogP) is 3.70. The lowest BCUT2D eigenvalue weighted by molar-refractivity contribution is -0.137. The van der Waals surface area contributed by atoms with Crippen molar-refractivity contribution in [2.24, 2.45) is 11.8 Å². The molecule has 0 aliphatic carbocycles. The molecule has 2 aliphatic rings. The maximum absolute atomic E-state index is 13.5. The molecule has 2 aromatic rings. The first kappa shape index (κ1) is 20.3. The first-order chi connectivity index (χ1) is 14.0. The second-order valence-electron chi connectivity index (χ2n) is 8.30. The van der Waals surface area contributed by atoms with Crippen molar-refractivity contribution >= 4 is 38.5 Å². The summed E-state index contributed by atoms with van der Waals surface area (Å²) in [5.41, 5.74) is 0.926. The van der Waals surface area contributed by atoms with Gasteiger partial charge in [-0.2, -0.15) is 0 Å². The molecule has 7 heteroatoms. The maximum Gasteiger partial charge on any atom is 0.232 e. The van der Waals surface area contributed by atoms with E-state index in [0.29, 0.717) is 32.5 Å². The van der Waals surface area contributed by atoms with E-state index in [2.05, 4.69) is 0 Å². The first-order valence-corrected chi connectivity index (χ1v) is 11.4. The Morgan fingerprint density at radius 3 is 2.66 bits per heavy atom. The molecule has 29 heavy (non-hydrogen) atoms. The summed E-state index contributed by atoms with van der Waals surface area (Å²) < 4.78 is 6.91. The third-order valence-corrected chi connectivity index (χ3v) is 6.90. The second kappa shape index (κ2) is 8.79. The Balaban J connectivity index is 1.51. The van der Waals surface area contributed by atoms with E-state index in [4.69, 9.17) is 9.72 Å². The van der Waals surface area contributed by atoms with E-state index in [1.54, 1.807) is 11.3 Å². The van der Waals surface area contributed by atoms with Crippen LogP contribution in [-0.2, 0) is 14.3 Å². The highest BCUT2D eigenvalue weighted by atomic mass is 32.1. The molecular formula is C22H29N3O3S. The van der Waals surface area contributed by atoms with Gasteiger partial charge in [0.15, 0.2) is 5.13 Å². The number of piperidine rings is 1. The van der Waals surface area contributed by atoms with Gasteiger partial charge in [0, 0.05) is 31.5 Å². The summed E-state index contributed by atoms with van der Waals surface area (Å²) in [4.78, 5) is 34.3. The molecule has 1 unspecified atom stereocenters. The zero-order valence-electron chi connectivity index (χ0n) is 17.2. The molecule has 2 fully saturated rings. The number of benzene rings is 1. The topological polar surface area (TPSA) is 62.7 Å². The van der Waals surface area contributed by atoms with E-state index < -0.39 is 0 Å². The molecule has 6 nitrogen and oxygen atoms in total. The van der Waals surface area contributed by atoms with Crippen molar-refractivity contribution in [3.05, 3.63) is 24.3 Å². The van der Waals surface area contributed by atoms with Gasteiger partial charge in [-0.25, -0.2) is 4.98 Å². The predicted molar refractivity (Wildman–Crippen MR) is 115 cm³/mol. The van der Waals surface area contributed by atoms with Crippen LogP contribution in [0.5, 0.6) is 0 Å². The number of para-hydroxylation sites is 1. The number of thiazole rings is 1. The van der Waals surface area contributed by atoms with Gasteiger partial charge in [0.2, 0.25) is 11.8 Å². The van der Waals surface area contributed by atoms with Gasteiger partial charge in [-0.05, 0) is 37.8 Å². The van der Waals surface area contributed by atoms with Crippen molar-refractivity contribution in [3.8, 4) is 0 Å². The van der Waals surface area contributed by atoms with Gasteiger partial charge in [0.05, 0.1) is 22.9 Å². The fraction of sp³-hybridized carbons (Fsp3) is 0.591. The maximum atomic E-state index is 13.5. The van der Waals surface area contributed by atoms with Gasteiger partial charge in [0.25, 0.3) is 0 Å². The van der Waals surface area contributed by atoms with E-state index >= 15 is 0 Å². The smallest absolute Gasteiger partial charge is 0.232 e. The van der Waals surface area contributed by atoms with E-state index in [1.807, 2.05) is 47.9 Å². The summed E-state index contributed by atoms with van der Waals surface area (Å²) in [6.45, 7) is 6.49. The Labute approximate surface area is 175 Å². The lowest BCUT2D eigenvalue weighted by atomic mass is 9.94. The summed E-state index contributed by atoms with van der Waals surface area (Å²) in [6, 6.07) is 8.00. The van der Waals surface area contributed by atoms with Crippen molar-refractivity contribution in [3.63, 3.8) is 0 Å². The Morgan fingerprint density at radius 2 is 2.00 bits per heavy atom. The van der Waals surface area contributed by atoms with Gasteiger partial charge in [-0.1, -0.05) is 37.3 Å². The number of hydrogen-bond acceptors (Lipinski definition) is 5. The highest BCUT2D eigenvalue weighted by Gasteiger charge is 2.34. The Bertz CT molecular complexity index is 834. The molecule has 156 valence electrons. The summed E-state index contributed by atoms with van der Waals surface area (Å²) in [7, 11) is 0. The SMILES string of the molecule is CC(C)C(=O)N1CCC(C(=O)N(CC2CCCO2)c2nc3ccccc3s2)CC1. The number of likely N-dealkylation sites (tertiary alicyclic amines) is 1. The van der Waals surface area contributed by atoms with E-state index in [9.17, 15) is 9.59 Å². The Hall–Kier alpha value is -1.99. The van der Waals surface area contributed by atoms with Crippen LogP contribution in [0.25, 0.3) is 10.2 Å². The fourth-order valence-electron chi connectivity index (χ4n) is 4.16. The zero-order chi connectivity index (χ0) is 20.4. The molecular weight excluding hydrogens is 386 g/mol. The lowest BCUT2D eigenvalue weighted by Gasteiger charge is -2.35. The fourth-order valence-corrected chi connectivity index (χ4v) is 5.14. The second-order valence-corrected chi connectivity index (χ2v) is 9.31. The van der Waals surface area contributed by atoms with Crippen molar-refractivity contribution < 1.29 is 14.3 Å². The minimum atomic E-state index is -0.0698. The van der Waals surface area contributed by atoms with E-state index in [0.717, 1.165) is 34.8 Å². The minimum absolute atomic E-state index is 0.000939. The van der Waals surface area contributed by atoms with Gasteiger partial charge in [-0.15, -0.1) is 0 Å². The number of carbonyl (C=O) groups is 2. The quantitative estimate of drug-likeness (QED) is 0.747. The van der Waals surface area contributed by atoms with Gasteiger partial charge in [0.1, 0.15) is 0 Å². The van der Waals surface area contributed by atoms with Crippen LogP contribution < -0.4 is 4.90 Å². The summed E-state index contributed by atoms with van der Waals surface area (Å²) in [5, 5.41) is 0.757. The molecule has 4 rings (SSSR count). The van der Waals surface area contributed by atoms with Crippen LogP contribution in [0.2, 0.25) is 0 Å². The molecule has 0 saturated carbocycles. The average molecular weight is 416 g/mol. The third-order valence-electron chi connectivity index (χ3n) is 5.84. The highest BCUT2D eigenvalue weighted by molar-refractivity contribution is 7.22. The number of rotatable bonds is 5. The summed E-state index contributed by atoms with van der Waals surface area (Å²) in [5.74, 6) is 0.232. The van der Waals surface area contributed by atoms with Crippen LogP contribution in [0.15, 0.2) is 24.3 Å². The highest BCUT2D eigenvalue weighted by Crippen LogP contribution is 2.32. The molecule has 3 heterocycles. The minimum Gasteiger partial charge on any atom is -0.376 e. The molecule has 2 aliphatic heterocycles. The summed E-state index contributed by atoms with van der Waals surface area (Å²) in [6.07, 6.45) is 3.53. The normalized spacial score (nSPS) is 20.5. The van der Waals surface area contributed by atoms with Crippen molar-refractivity contribution in [2.45, 2.75) is 45.6 Å². The largest absolute Gasteiger partial charge is 0.376 e. The molecule has 0 radical (unpaired) electrons. The molecule has 0 N–H and O–H groups in total. The number of ether oxygens (including phenoxy) is 1. The number of fused-ring (bicyclic) bond motifs is 1. The van der Waals surface area contributed by atoms with Crippen LogP contribution in [0.1, 0.15) is 39.5 Å². The standard InChI is InChI=1S/C22H29N3O3S/c1-15(2)20(26)24-11-9-16(10-12-24)21(27)25(14-17-6-5-13-28-17)22-23-18-7-3-4-8-19(18)29-22/h3-4,7-8,15-17H,5-6,9-14H2,1-2H3.